The lowest BCUT2D eigenvalue weighted by molar-refractivity contribution is -0.654. The second kappa shape index (κ2) is 13.4. The first-order chi connectivity index (χ1) is 11.5. The van der Waals surface area contributed by atoms with Crippen molar-refractivity contribution in [1.29, 1.82) is 0 Å². The van der Waals surface area contributed by atoms with E-state index in [4.69, 9.17) is 40.9 Å². The van der Waals surface area contributed by atoms with Gasteiger partial charge in [-0.3, -0.25) is 0 Å². The standard InChI is InChI=1S/C14H22ClNO2.C2H2O4/c1-17-13-7-6-12(11-14(13)18-2)5-3-9-16-10-4-8-15;3-1(4)2(5)6/h6-7,11,16H,3-5,8-10H2,1-2H3;(H,3,4)(H,5,6). The third-order valence-electron chi connectivity index (χ3n) is 3.04. The number of carboxylic acids is 2. The highest BCUT2D eigenvalue weighted by Crippen LogP contribution is 2.27. The van der Waals surface area contributed by atoms with Gasteiger partial charge in [0.2, 0.25) is 0 Å². The average molecular weight is 362 g/mol. The molecule has 0 aromatic heterocycles. The van der Waals surface area contributed by atoms with E-state index in [2.05, 4.69) is 17.4 Å². The van der Waals surface area contributed by atoms with Crippen LogP contribution in [0.4, 0.5) is 0 Å². The zero-order chi connectivity index (χ0) is 18.4. The van der Waals surface area contributed by atoms with Gasteiger partial charge in [0, 0.05) is 18.7 Å². The second-order valence-corrected chi connectivity index (χ2v) is 5.17. The molecule has 8 heteroatoms. The Hall–Kier alpha value is -1.99. The number of hydrogen-bond donors (Lipinski definition) is 2. The minimum atomic E-state index is -2.07. The van der Waals surface area contributed by atoms with Gasteiger partial charge < -0.3 is 29.8 Å². The molecule has 0 aliphatic carbocycles. The van der Waals surface area contributed by atoms with E-state index in [-0.39, 0.29) is 0 Å². The highest BCUT2D eigenvalue weighted by molar-refractivity contribution is 6.26. The fourth-order valence-corrected chi connectivity index (χ4v) is 2.01. The summed E-state index contributed by atoms with van der Waals surface area (Å²) in [5.74, 6) is -1.66. The summed E-state index contributed by atoms with van der Waals surface area (Å²) in [4.78, 5) is 18.0. The van der Waals surface area contributed by atoms with Gasteiger partial charge in [-0.1, -0.05) is 6.07 Å². The van der Waals surface area contributed by atoms with Crippen LogP contribution in [-0.2, 0) is 16.0 Å². The molecule has 0 saturated carbocycles. The molecule has 136 valence electrons. The van der Waals surface area contributed by atoms with Crippen molar-refractivity contribution in [3.05, 3.63) is 23.8 Å². The summed E-state index contributed by atoms with van der Waals surface area (Å²) in [7, 11) is 3.32. The molecule has 1 aromatic carbocycles. The SMILES string of the molecule is COc1ccc(CCC[NH2+]CCCCl)cc1OC.O=C([O-])C(=O)O. The Labute approximate surface area is 146 Å². The number of quaternary nitrogens is 1. The fourth-order valence-electron chi connectivity index (χ4n) is 1.85. The van der Waals surface area contributed by atoms with E-state index in [0.29, 0.717) is 0 Å². The van der Waals surface area contributed by atoms with Crippen LogP contribution in [0.15, 0.2) is 18.2 Å². The van der Waals surface area contributed by atoms with Crippen LogP contribution in [0.1, 0.15) is 18.4 Å². The molecule has 1 aromatic rings. The molecule has 0 aliphatic heterocycles. The van der Waals surface area contributed by atoms with Gasteiger partial charge in [0.15, 0.2) is 17.5 Å². The number of ether oxygens (including phenoxy) is 2. The number of aliphatic carboxylic acids is 2. The minimum absolute atomic E-state index is 0.756. The van der Waals surface area contributed by atoms with E-state index in [1.165, 1.54) is 5.56 Å². The number of halogens is 1. The number of hydrogen-bond acceptors (Lipinski definition) is 5. The topological polar surface area (TPSA) is 113 Å². The van der Waals surface area contributed by atoms with Gasteiger partial charge in [0.05, 0.1) is 27.3 Å². The maximum absolute atomic E-state index is 9.04. The van der Waals surface area contributed by atoms with Gasteiger partial charge in [-0.05, 0) is 24.1 Å². The third kappa shape index (κ3) is 9.91. The smallest absolute Gasteiger partial charge is 0.351 e. The summed E-state index contributed by atoms with van der Waals surface area (Å²) in [5, 5.41) is 18.6. The Kier molecular flexibility index (Phi) is 12.3. The van der Waals surface area contributed by atoms with Crippen LogP contribution in [0.3, 0.4) is 0 Å². The monoisotopic (exact) mass is 361 g/mol. The molecular formula is C16H24ClNO6. The summed E-state index contributed by atoms with van der Waals surface area (Å²) in [6.45, 7) is 2.26. The molecule has 0 radical (unpaired) electrons. The Bertz CT molecular complexity index is 497. The van der Waals surface area contributed by atoms with Crippen molar-refractivity contribution in [1.82, 2.24) is 0 Å². The molecule has 0 saturated heterocycles. The molecule has 0 unspecified atom stereocenters. The quantitative estimate of drug-likeness (QED) is 0.353. The largest absolute Gasteiger partial charge is 0.539 e. The summed E-state index contributed by atoms with van der Waals surface area (Å²) >= 11 is 5.63. The van der Waals surface area contributed by atoms with Crippen molar-refractivity contribution >= 4 is 23.5 Å². The van der Waals surface area contributed by atoms with E-state index in [1.54, 1.807) is 14.2 Å². The number of carbonyl (C=O) groups is 2. The molecule has 0 amide bonds. The second-order valence-electron chi connectivity index (χ2n) is 4.79. The molecule has 0 bridgehead atoms. The highest BCUT2D eigenvalue weighted by Gasteiger charge is 2.04. The third-order valence-corrected chi connectivity index (χ3v) is 3.31. The van der Waals surface area contributed by atoms with Crippen LogP contribution in [0, 0.1) is 0 Å². The van der Waals surface area contributed by atoms with Crippen LogP contribution >= 0.6 is 11.6 Å². The fraction of sp³-hybridized carbons (Fsp3) is 0.500. The summed E-state index contributed by atoms with van der Waals surface area (Å²) in [6, 6.07) is 6.11. The molecule has 0 aliphatic rings. The number of alkyl halides is 1. The van der Waals surface area contributed by atoms with Gasteiger partial charge in [-0.15, -0.1) is 11.6 Å². The van der Waals surface area contributed by atoms with E-state index in [1.807, 2.05) is 6.07 Å². The summed E-state index contributed by atoms with van der Waals surface area (Å²) < 4.78 is 10.5. The van der Waals surface area contributed by atoms with Crippen molar-refractivity contribution in [2.75, 3.05) is 33.2 Å². The predicted molar refractivity (Wildman–Crippen MR) is 87.5 cm³/mol. The minimum Gasteiger partial charge on any atom is -0.539 e. The number of nitrogens with two attached hydrogens (primary N) is 1. The maximum atomic E-state index is 9.04. The molecule has 3 N–H and O–H groups in total. The first kappa shape index (κ1) is 22.0. The van der Waals surface area contributed by atoms with Gasteiger partial charge in [0.25, 0.3) is 0 Å². The van der Waals surface area contributed by atoms with Gasteiger partial charge >= 0.3 is 5.97 Å². The molecule has 24 heavy (non-hydrogen) atoms. The maximum Gasteiger partial charge on any atom is 0.351 e. The first-order valence-electron chi connectivity index (χ1n) is 7.49. The average Bonchev–Trinajstić information content (AvgIpc) is 2.58. The lowest BCUT2D eigenvalue weighted by Gasteiger charge is -2.09. The number of methoxy groups -OCH3 is 2. The number of carbonyl (C=O) groups excluding carboxylic acids is 1. The van der Waals surface area contributed by atoms with Crippen molar-refractivity contribution in [3.63, 3.8) is 0 Å². The van der Waals surface area contributed by atoms with E-state index < -0.39 is 11.9 Å². The van der Waals surface area contributed by atoms with Gasteiger partial charge in [0.1, 0.15) is 0 Å². The normalized spacial score (nSPS) is 9.62. The molecule has 0 atom stereocenters. The Morgan fingerprint density at radius 1 is 1.17 bits per heavy atom. The van der Waals surface area contributed by atoms with E-state index in [0.717, 1.165) is 49.7 Å². The Balaban J connectivity index is 0.000000754. The van der Waals surface area contributed by atoms with E-state index >= 15 is 0 Å². The molecule has 0 fully saturated rings. The van der Waals surface area contributed by atoms with Crippen LogP contribution in [0.5, 0.6) is 11.5 Å². The van der Waals surface area contributed by atoms with Crippen LogP contribution in [0.25, 0.3) is 0 Å². The molecule has 0 heterocycles. The number of benzene rings is 1. The summed E-state index contributed by atoms with van der Waals surface area (Å²) in [6.07, 6.45) is 3.31. The van der Waals surface area contributed by atoms with Crippen LogP contribution in [-0.4, -0.2) is 50.2 Å². The zero-order valence-electron chi connectivity index (χ0n) is 13.9. The number of carboxylic acid groups (broad SMARTS) is 2. The van der Waals surface area contributed by atoms with Crippen molar-refractivity contribution in [2.24, 2.45) is 0 Å². The number of rotatable bonds is 9. The first-order valence-corrected chi connectivity index (χ1v) is 8.02. The molecule has 7 nitrogen and oxygen atoms in total. The predicted octanol–water partition coefficient (Wildman–Crippen LogP) is -0.350. The zero-order valence-corrected chi connectivity index (χ0v) is 14.7. The summed E-state index contributed by atoms with van der Waals surface area (Å²) in [5.41, 5.74) is 1.29. The Morgan fingerprint density at radius 3 is 2.25 bits per heavy atom. The van der Waals surface area contributed by atoms with Crippen LogP contribution in [0.2, 0.25) is 0 Å². The van der Waals surface area contributed by atoms with E-state index in [9.17, 15) is 0 Å². The molecule has 0 spiro atoms. The van der Waals surface area contributed by atoms with Crippen molar-refractivity contribution in [3.8, 4) is 11.5 Å². The highest BCUT2D eigenvalue weighted by atomic mass is 35.5. The van der Waals surface area contributed by atoms with Crippen LogP contribution < -0.4 is 19.9 Å². The van der Waals surface area contributed by atoms with Gasteiger partial charge in [-0.2, -0.15) is 0 Å². The molecule has 1 rings (SSSR count). The lowest BCUT2D eigenvalue weighted by atomic mass is 10.1. The molecular weight excluding hydrogens is 338 g/mol. The Morgan fingerprint density at radius 2 is 1.75 bits per heavy atom. The van der Waals surface area contributed by atoms with Crippen molar-refractivity contribution < 1.29 is 34.6 Å². The lowest BCUT2D eigenvalue weighted by Crippen LogP contribution is -2.84. The van der Waals surface area contributed by atoms with Crippen molar-refractivity contribution in [2.45, 2.75) is 19.3 Å². The van der Waals surface area contributed by atoms with Gasteiger partial charge in [-0.25, -0.2) is 4.79 Å². The number of aryl methyl sites for hydroxylation is 1.